The number of hydrogen-bond acceptors (Lipinski definition) is 4. The highest BCUT2D eigenvalue weighted by Gasteiger charge is 2.36. The van der Waals surface area contributed by atoms with Crippen LogP contribution in [0.15, 0.2) is 36.7 Å². The van der Waals surface area contributed by atoms with Gasteiger partial charge in [0.05, 0.1) is 12.1 Å². The van der Waals surface area contributed by atoms with Crippen LogP contribution in [-0.4, -0.2) is 39.3 Å². The molecule has 21 heavy (non-hydrogen) atoms. The molecule has 0 radical (unpaired) electrons. The van der Waals surface area contributed by atoms with Crippen molar-refractivity contribution in [3.63, 3.8) is 0 Å². The molecule has 112 valence electrons. The van der Waals surface area contributed by atoms with Crippen LogP contribution in [0.5, 0.6) is 0 Å². The average Bonchev–Trinajstić information content (AvgIpc) is 2.98. The Kier molecular flexibility index (Phi) is 4.03. The van der Waals surface area contributed by atoms with E-state index in [0.717, 1.165) is 38.5 Å². The van der Waals surface area contributed by atoms with Gasteiger partial charge >= 0.3 is 0 Å². The van der Waals surface area contributed by atoms with Gasteiger partial charge in [0.15, 0.2) is 0 Å². The Morgan fingerprint density at radius 3 is 2.86 bits per heavy atom. The fourth-order valence-corrected chi connectivity index (χ4v) is 3.09. The van der Waals surface area contributed by atoms with Crippen molar-refractivity contribution in [1.82, 2.24) is 25.0 Å². The number of rotatable bonds is 4. The molecule has 0 bridgehead atoms. The lowest BCUT2D eigenvalue weighted by atomic mass is 9.88. The highest BCUT2D eigenvalue weighted by Crippen LogP contribution is 2.30. The molecule has 3 rings (SSSR count). The van der Waals surface area contributed by atoms with Gasteiger partial charge in [-0.05, 0) is 19.4 Å². The zero-order valence-corrected chi connectivity index (χ0v) is 12.8. The van der Waals surface area contributed by atoms with E-state index in [1.807, 2.05) is 4.68 Å². The Morgan fingerprint density at radius 1 is 1.29 bits per heavy atom. The van der Waals surface area contributed by atoms with Gasteiger partial charge in [-0.3, -0.25) is 4.90 Å². The van der Waals surface area contributed by atoms with Crippen molar-refractivity contribution >= 4 is 0 Å². The van der Waals surface area contributed by atoms with Crippen LogP contribution < -0.4 is 5.32 Å². The number of nitrogens with one attached hydrogen (secondary N) is 1. The highest BCUT2D eigenvalue weighted by molar-refractivity contribution is 5.25. The topological polar surface area (TPSA) is 46.0 Å². The van der Waals surface area contributed by atoms with Gasteiger partial charge in [0.1, 0.15) is 12.2 Å². The highest BCUT2D eigenvalue weighted by atomic mass is 15.4. The van der Waals surface area contributed by atoms with E-state index < -0.39 is 0 Å². The summed E-state index contributed by atoms with van der Waals surface area (Å²) in [6, 6.07) is 10.7. The van der Waals surface area contributed by atoms with E-state index in [1.54, 1.807) is 6.33 Å². The smallest absolute Gasteiger partial charge is 0.141 e. The van der Waals surface area contributed by atoms with Gasteiger partial charge in [-0.1, -0.05) is 30.3 Å². The summed E-state index contributed by atoms with van der Waals surface area (Å²) in [5.41, 5.74) is 1.34. The summed E-state index contributed by atoms with van der Waals surface area (Å²) in [6.07, 6.45) is 1.65. The normalized spacial score (nSPS) is 23.3. The molecule has 1 atom stereocenters. The molecule has 0 aliphatic carbocycles. The minimum atomic E-state index is -0.00989. The molecule has 0 saturated carbocycles. The van der Waals surface area contributed by atoms with Crippen LogP contribution in [-0.2, 0) is 18.6 Å². The van der Waals surface area contributed by atoms with Gasteiger partial charge in [-0.2, -0.15) is 5.10 Å². The lowest BCUT2D eigenvalue weighted by Gasteiger charge is -2.45. The molecular formula is C16H23N5. The summed E-state index contributed by atoms with van der Waals surface area (Å²) in [4.78, 5) is 6.94. The molecular weight excluding hydrogens is 262 g/mol. The SMILES string of the molecule is CCn1ncnc1CN1CCNCC1(C)c1ccccc1. The van der Waals surface area contributed by atoms with Crippen LogP contribution in [0.4, 0.5) is 0 Å². The maximum absolute atomic E-state index is 4.43. The fraction of sp³-hybridized carbons (Fsp3) is 0.500. The molecule has 1 aromatic carbocycles. The minimum Gasteiger partial charge on any atom is -0.313 e. The second-order valence-corrected chi connectivity index (χ2v) is 5.73. The van der Waals surface area contributed by atoms with E-state index in [0.29, 0.717) is 0 Å². The van der Waals surface area contributed by atoms with Crippen molar-refractivity contribution in [3.8, 4) is 0 Å². The van der Waals surface area contributed by atoms with E-state index >= 15 is 0 Å². The van der Waals surface area contributed by atoms with E-state index in [1.165, 1.54) is 5.56 Å². The Morgan fingerprint density at radius 2 is 2.10 bits per heavy atom. The van der Waals surface area contributed by atoms with Crippen LogP contribution in [0.25, 0.3) is 0 Å². The first-order valence-corrected chi connectivity index (χ1v) is 7.62. The third kappa shape index (κ3) is 2.71. The fourth-order valence-electron chi connectivity index (χ4n) is 3.09. The molecule has 1 aromatic heterocycles. The largest absolute Gasteiger partial charge is 0.313 e. The molecule has 5 heteroatoms. The molecule has 5 nitrogen and oxygen atoms in total. The lowest BCUT2D eigenvalue weighted by Crippen LogP contribution is -2.57. The number of piperazine rings is 1. The van der Waals surface area contributed by atoms with Crippen LogP contribution in [0.3, 0.4) is 0 Å². The molecule has 1 aliphatic heterocycles. The Labute approximate surface area is 126 Å². The van der Waals surface area contributed by atoms with Crippen molar-refractivity contribution in [2.75, 3.05) is 19.6 Å². The second kappa shape index (κ2) is 5.95. The van der Waals surface area contributed by atoms with Gasteiger partial charge < -0.3 is 5.32 Å². The standard InChI is InChI=1S/C16H23N5/c1-3-21-15(18-13-19-21)11-20-10-9-17-12-16(20,2)14-7-5-4-6-8-14/h4-8,13,17H,3,9-12H2,1-2H3. The average molecular weight is 285 g/mol. The quantitative estimate of drug-likeness (QED) is 0.927. The molecule has 0 amide bonds. The van der Waals surface area contributed by atoms with E-state index in [-0.39, 0.29) is 5.54 Å². The van der Waals surface area contributed by atoms with Crippen molar-refractivity contribution in [2.24, 2.45) is 0 Å². The van der Waals surface area contributed by atoms with Gasteiger partial charge in [0.2, 0.25) is 0 Å². The summed E-state index contributed by atoms with van der Waals surface area (Å²) < 4.78 is 1.98. The lowest BCUT2D eigenvalue weighted by molar-refractivity contribution is 0.0609. The molecule has 1 fully saturated rings. The van der Waals surface area contributed by atoms with E-state index in [4.69, 9.17) is 0 Å². The first-order chi connectivity index (χ1) is 10.2. The monoisotopic (exact) mass is 285 g/mol. The van der Waals surface area contributed by atoms with E-state index in [9.17, 15) is 0 Å². The molecule has 0 spiro atoms. The van der Waals surface area contributed by atoms with Crippen LogP contribution in [0.1, 0.15) is 25.2 Å². The summed E-state index contributed by atoms with van der Waals surface area (Å²) in [6.45, 7) is 9.10. The van der Waals surface area contributed by atoms with Gasteiger partial charge in [-0.25, -0.2) is 9.67 Å². The third-order valence-corrected chi connectivity index (χ3v) is 4.45. The maximum Gasteiger partial charge on any atom is 0.141 e. The van der Waals surface area contributed by atoms with Crippen molar-refractivity contribution in [2.45, 2.75) is 32.5 Å². The number of hydrogen-bond donors (Lipinski definition) is 1. The minimum absolute atomic E-state index is 0.00989. The molecule has 2 heterocycles. The molecule has 1 aliphatic rings. The number of benzene rings is 1. The van der Waals surface area contributed by atoms with Crippen LogP contribution >= 0.6 is 0 Å². The zero-order valence-electron chi connectivity index (χ0n) is 12.8. The van der Waals surface area contributed by atoms with Gasteiger partial charge in [-0.15, -0.1) is 0 Å². The molecule has 2 aromatic rings. The molecule has 1 N–H and O–H groups in total. The Bertz CT molecular complexity index is 579. The van der Waals surface area contributed by atoms with Crippen LogP contribution in [0.2, 0.25) is 0 Å². The van der Waals surface area contributed by atoms with Crippen molar-refractivity contribution < 1.29 is 0 Å². The third-order valence-electron chi connectivity index (χ3n) is 4.45. The van der Waals surface area contributed by atoms with Crippen molar-refractivity contribution in [1.29, 1.82) is 0 Å². The first kappa shape index (κ1) is 14.2. The van der Waals surface area contributed by atoms with Gasteiger partial charge in [0, 0.05) is 26.2 Å². The Balaban J connectivity index is 1.88. The van der Waals surface area contributed by atoms with E-state index in [2.05, 4.69) is 64.5 Å². The van der Waals surface area contributed by atoms with Gasteiger partial charge in [0.25, 0.3) is 0 Å². The summed E-state index contributed by atoms with van der Waals surface area (Å²) >= 11 is 0. The predicted molar refractivity (Wildman–Crippen MR) is 82.8 cm³/mol. The summed E-state index contributed by atoms with van der Waals surface area (Å²) in [7, 11) is 0. The Hall–Kier alpha value is -1.72. The maximum atomic E-state index is 4.43. The van der Waals surface area contributed by atoms with Crippen LogP contribution in [0, 0.1) is 0 Å². The molecule has 1 unspecified atom stereocenters. The zero-order chi connectivity index (χ0) is 14.7. The number of aromatic nitrogens is 3. The predicted octanol–water partition coefficient (Wildman–Crippen LogP) is 1.62. The number of nitrogens with zero attached hydrogens (tertiary/aromatic N) is 4. The molecule has 1 saturated heterocycles. The summed E-state index contributed by atoms with van der Waals surface area (Å²) in [5.74, 6) is 1.04. The van der Waals surface area contributed by atoms with Crippen molar-refractivity contribution in [3.05, 3.63) is 48.0 Å². The summed E-state index contributed by atoms with van der Waals surface area (Å²) in [5, 5.41) is 7.81. The first-order valence-electron chi connectivity index (χ1n) is 7.62. The number of aryl methyl sites for hydroxylation is 1. The second-order valence-electron chi connectivity index (χ2n) is 5.73.